The Hall–Kier alpha value is -3.19. The monoisotopic (exact) mass is 488 g/mol. The normalized spacial score (nSPS) is 12.3. The summed E-state index contributed by atoms with van der Waals surface area (Å²) in [6, 6.07) is 6.85. The van der Waals surface area contributed by atoms with Gasteiger partial charge in [0.15, 0.2) is 0 Å². The summed E-state index contributed by atoms with van der Waals surface area (Å²) in [6.45, 7) is 3.26. The average Bonchev–Trinajstić information content (AvgIpc) is 2.73. The molecule has 1 rings (SSSR count). The number of hydrogen-bond acceptors (Lipinski definition) is 10. The summed E-state index contributed by atoms with van der Waals surface area (Å²) >= 11 is 0. The lowest BCUT2D eigenvalue weighted by atomic mass is 10.2. The minimum absolute atomic E-state index is 0.0682. The summed E-state index contributed by atoms with van der Waals surface area (Å²) in [5, 5.41) is 0. The predicted molar refractivity (Wildman–Crippen MR) is 114 cm³/mol. The van der Waals surface area contributed by atoms with Crippen LogP contribution in [0.4, 0.5) is 4.79 Å². The molecule has 1 aromatic carbocycles. The molecule has 0 spiro atoms. The first-order valence-electron chi connectivity index (χ1n) is 9.66. The van der Waals surface area contributed by atoms with Crippen molar-refractivity contribution in [1.82, 2.24) is 9.03 Å². The SMILES string of the molecule is COC(=O)C[C@H](NS(=O)(=O)N(CC(=O)OCc1ccccc1)C(=O)OC(C)(C)C)C(=O)OC. The molecule has 0 heterocycles. The molecular formula is C20H28N2O10S. The molecule has 0 aliphatic carbocycles. The van der Waals surface area contributed by atoms with Crippen LogP contribution in [0.5, 0.6) is 0 Å². The number of methoxy groups -OCH3 is 2. The molecule has 0 saturated heterocycles. The summed E-state index contributed by atoms with van der Waals surface area (Å²) in [5.74, 6) is -3.09. The largest absolute Gasteiger partial charge is 0.469 e. The number of ether oxygens (including phenoxy) is 4. The zero-order chi connectivity index (χ0) is 25.2. The van der Waals surface area contributed by atoms with Crippen molar-refractivity contribution in [2.75, 3.05) is 20.8 Å². The first-order chi connectivity index (χ1) is 15.3. The molecular weight excluding hydrogens is 460 g/mol. The van der Waals surface area contributed by atoms with Crippen LogP contribution in [0.15, 0.2) is 30.3 Å². The van der Waals surface area contributed by atoms with E-state index in [-0.39, 0.29) is 10.9 Å². The van der Waals surface area contributed by atoms with E-state index in [1.165, 1.54) is 20.8 Å². The third-order valence-corrected chi connectivity index (χ3v) is 5.22. The molecule has 0 saturated carbocycles. The van der Waals surface area contributed by atoms with Gasteiger partial charge in [-0.25, -0.2) is 4.79 Å². The van der Waals surface area contributed by atoms with Crippen molar-refractivity contribution in [3.63, 3.8) is 0 Å². The van der Waals surface area contributed by atoms with Gasteiger partial charge in [0.25, 0.3) is 0 Å². The Balaban J connectivity index is 3.11. The fourth-order valence-corrected chi connectivity index (χ4v) is 3.45. The zero-order valence-electron chi connectivity index (χ0n) is 19.0. The smallest absolute Gasteiger partial charge is 0.425 e. The minimum Gasteiger partial charge on any atom is -0.469 e. The first kappa shape index (κ1) is 27.8. The third-order valence-electron chi connectivity index (χ3n) is 3.78. The molecule has 184 valence electrons. The number of amides is 1. The van der Waals surface area contributed by atoms with Gasteiger partial charge in [-0.2, -0.15) is 17.4 Å². The van der Waals surface area contributed by atoms with Crippen molar-refractivity contribution in [2.45, 2.75) is 45.4 Å². The molecule has 1 aromatic rings. The third kappa shape index (κ3) is 9.87. The molecule has 1 atom stereocenters. The van der Waals surface area contributed by atoms with Crippen molar-refractivity contribution in [1.29, 1.82) is 0 Å². The van der Waals surface area contributed by atoms with Crippen LogP contribution in [-0.2, 0) is 50.1 Å². The van der Waals surface area contributed by atoms with Gasteiger partial charge >= 0.3 is 34.2 Å². The van der Waals surface area contributed by atoms with E-state index in [1.807, 2.05) is 4.72 Å². The van der Waals surface area contributed by atoms with E-state index in [0.29, 0.717) is 5.56 Å². The van der Waals surface area contributed by atoms with Gasteiger partial charge in [-0.1, -0.05) is 30.3 Å². The Bertz CT molecular complexity index is 941. The van der Waals surface area contributed by atoms with E-state index in [0.717, 1.165) is 14.2 Å². The fourth-order valence-electron chi connectivity index (χ4n) is 2.27. The molecule has 0 aliphatic rings. The van der Waals surface area contributed by atoms with Crippen LogP contribution in [0.2, 0.25) is 0 Å². The van der Waals surface area contributed by atoms with Crippen molar-refractivity contribution < 1.29 is 46.5 Å². The van der Waals surface area contributed by atoms with E-state index in [1.54, 1.807) is 30.3 Å². The standard InChI is InChI=1S/C20H28N2O10S/c1-20(2,3)32-19(26)22(12-17(24)31-13-14-9-7-6-8-10-14)33(27,28)21-15(18(25)30-5)11-16(23)29-4/h6-10,15,21H,11-13H2,1-5H3/t15-/m0/s1. The molecule has 0 bridgehead atoms. The highest BCUT2D eigenvalue weighted by molar-refractivity contribution is 7.87. The number of nitrogens with zero attached hydrogens (tertiary/aromatic N) is 1. The number of benzene rings is 1. The fraction of sp³-hybridized carbons (Fsp3) is 0.500. The Kier molecular flexibility index (Phi) is 10.3. The van der Waals surface area contributed by atoms with Crippen LogP contribution in [0, 0.1) is 0 Å². The molecule has 33 heavy (non-hydrogen) atoms. The maximum Gasteiger partial charge on any atom is 0.425 e. The van der Waals surface area contributed by atoms with Crippen LogP contribution in [0.1, 0.15) is 32.8 Å². The second kappa shape index (κ2) is 12.2. The molecule has 0 fully saturated rings. The van der Waals surface area contributed by atoms with Gasteiger partial charge in [0, 0.05) is 0 Å². The Morgan fingerprint density at radius 3 is 2.12 bits per heavy atom. The number of carbonyl (C=O) groups is 4. The highest BCUT2D eigenvalue weighted by atomic mass is 32.2. The number of nitrogens with one attached hydrogen (secondary N) is 1. The Morgan fingerprint density at radius 2 is 1.61 bits per heavy atom. The van der Waals surface area contributed by atoms with Crippen LogP contribution >= 0.6 is 0 Å². The molecule has 12 nitrogen and oxygen atoms in total. The van der Waals surface area contributed by atoms with E-state index < -0.39 is 58.8 Å². The van der Waals surface area contributed by atoms with E-state index in [2.05, 4.69) is 9.47 Å². The lowest BCUT2D eigenvalue weighted by Gasteiger charge is -2.27. The van der Waals surface area contributed by atoms with Gasteiger partial charge in [-0.05, 0) is 26.3 Å². The number of esters is 3. The van der Waals surface area contributed by atoms with Gasteiger partial charge in [0.2, 0.25) is 0 Å². The van der Waals surface area contributed by atoms with Crippen molar-refractivity contribution in [3.8, 4) is 0 Å². The maximum atomic E-state index is 12.9. The number of rotatable bonds is 10. The molecule has 1 N–H and O–H groups in total. The second-order valence-corrected chi connectivity index (χ2v) is 9.24. The van der Waals surface area contributed by atoms with Gasteiger partial charge in [-0.15, -0.1) is 0 Å². The zero-order valence-corrected chi connectivity index (χ0v) is 19.8. The summed E-state index contributed by atoms with van der Waals surface area (Å²) in [6.07, 6.45) is -2.11. The number of hydrogen-bond donors (Lipinski definition) is 1. The lowest BCUT2D eigenvalue weighted by Crippen LogP contribution is -2.53. The predicted octanol–water partition coefficient (Wildman–Crippen LogP) is 0.906. The van der Waals surface area contributed by atoms with Crippen LogP contribution in [0.25, 0.3) is 0 Å². The molecule has 1 amide bonds. The molecule has 0 aliphatic heterocycles. The summed E-state index contributed by atoms with van der Waals surface area (Å²) in [5.41, 5.74) is -0.466. The summed E-state index contributed by atoms with van der Waals surface area (Å²) in [4.78, 5) is 48.4. The van der Waals surface area contributed by atoms with Crippen LogP contribution in [0.3, 0.4) is 0 Å². The summed E-state index contributed by atoms with van der Waals surface area (Å²) in [7, 11) is -2.86. The van der Waals surface area contributed by atoms with Gasteiger partial charge in [-0.3, -0.25) is 14.4 Å². The van der Waals surface area contributed by atoms with E-state index in [4.69, 9.17) is 9.47 Å². The van der Waals surface area contributed by atoms with Gasteiger partial charge < -0.3 is 18.9 Å². The van der Waals surface area contributed by atoms with E-state index in [9.17, 15) is 27.6 Å². The Labute approximate surface area is 192 Å². The minimum atomic E-state index is -4.88. The molecule has 0 unspecified atom stereocenters. The van der Waals surface area contributed by atoms with Crippen LogP contribution in [-0.4, -0.2) is 69.1 Å². The second-order valence-electron chi connectivity index (χ2n) is 7.61. The van der Waals surface area contributed by atoms with E-state index >= 15 is 0 Å². The first-order valence-corrected chi connectivity index (χ1v) is 11.1. The molecule has 0 radical (unpaired) electrons. The lowest BCUT2D eigenvalue weighted by molar-refractivity contribution is -0.149. The summed E-state index contributed by atoms with van der Waals surface area (Å²) < 4.78 is 46.8. The highest BCUT2D eigenvalue weighted by Gasteiger charge is 2.38. The quantitative estimate of drug-likeness (QED) is 0.371. The van der Waals surface area contributed by atoms with Gasteiger partial charge in [0.05, 0.1) is 20.6 Å². The van der Waals surface area contributed by atoms with Crippen molar-refractivity contribution in [2.24, 2.45) is 0 Å². The molecule has 0 aromatic heterocycles. The van der Waals surface area contributed by atoms with Crippen LogP contribution < -0.4 is 4.72 Å². The molecule has 13 heteroatoms. The Morgan fingerprint density at radius 1 is 1.00 bits per heavy atom. The number of carbonyl (C=O) groups excluding carboxylic acids is 4. The topological polar surface area (TPSA) is 155 Å². The average molecular weight is 489 g/mol. The van der Waals surface area contributed by atoms with Crippen molar-refractivity contribution >= 4 is 34.2 Å². The maximum absolute atomic E-state index is 12.9. The van der Waals surface area contributed by atoms with Gasteiger partial charge in [0.1, 0.15) is 24.8 Å². The van der Waals surface area contributed by atoms with Crippen molar-refractivity contribution in [3.05, 3.63) is 35.9 Å². The highest BCUT2D eigenvalue weighted by Crippen LogP contribution is 2.14.